The van der Waals surface area contributed by atoms with E-state index in [1.54, 1.807) is 4.90 Å². The maximum atomic E-state index is 12.6. The Morgan fingerprint density at radius 2 is 1.68 bits per heavy atom. The van der Waals surface area contributed by atoms with Crippen LogP contribution in [0.15, 0.2) is 54.6 Å². The van der Waals surface area contributed by atoms with Crippen LogP contribution in [0.4, 0.5) is 13.2 Å². The fraction of sp³-hybridized carbons (Fsp3) is 0.417. The highest BCUT2D eigenvalue weighted by atomic mass is 19.4. The van der Waals surface area contributed by atoms with Gasteiger partial charge in [0.15, 0.2) is 0 Å². The van der Waals surface area contributed by atoms with Crippen molar-refractivity contribution in [2.75, 3.05) is 19.6 Å². The number of likely N-dealkylation sites (tertiary alicyclic amines) is 1. The lowest BCUT2D eigenvalue weighted by Crippen LogP contribution is -2.46. The Balaban J connectivity index is 1.41. The zero-order valence-electron chi connectivity index (χ0n) is 17.3. The number of halogens is 3. The lowest BCUT2D eigenvalue weighted by molar-refractivity contribution is -0.139. The Morgan fingerprint density at radius 1 is 1.00 bits per heavy atom. The van der Waals surface area contributed by atoms with E-state index in [0.717, 1.165) is 30.5 Å². The summed E-state index contributed by atoms with van der Waals surface area (Å²) in [4.78, 5) is 26.5. The van der Waals surface area contributed by atoms with Gasteiger partial charge in [-0.2, -0.15) is 13.2 Å². The molecule has 1 heterocycles. The second kappa shape index (κ2) is 10.5. The summed E-state index contributed by atoms with van der Waals surface area (Å²) in [5.74, 6) is -0.267. The number of carbonyl (C=O) groups is 2. The molecule has 7 heteroatoms. The van der Waals surface area contributed by atoms with Crippen LogP contribution < -0.4 is 5.32 Å². The number of rotatable bonds is 8. The van der Waals surface area contributed by atoms with E-state index in [2.05, 4.69) is 17.4 Å². The van der Waals surface area contributed by atoms with Crippen LogP contribution in [-0.4, -0.2) is 36.3 Å². The molecule has 0 spiro atoms. The molecule has 0 radical (unpaired) electrons. The monoisotopic (exact) mass is 432 g/mol. The van der Waals surface area contributed by atoms with Gasteiger partial charge >= 0.3 is 6.18 Å². The van der Waals surface area contributed by atoms with Crippen LogP contribution in [0.3, 0.4) is 0 Å². The van der Waals surface area contributed by atoms with Crippen molar-refractivity contribution in [3.05, 3.63) is 71.3 Å². The molecule has 1 saturated heterocycles. The normalized spacial score (nSPS) is 16.9. The standard InChI is InChI=1S/C24H27F3N2O2/c25-24(26,27)21-11-8-19(9-12-21)14-15-28-23(31)20-10-13-22(30)29(17-20)16-4-7-18-5-2-1-3-6-18/h1-3,5-6,8-9,11-12,20H,4,7,10,13-17H2,(H,28,31). The molecule has 2 amide bonds. The quantitative estimate of drug-likeness (QED) is 0.679. The molecule has 1 N–H and O–H groups in total. The minimum atomic E-state index is -4.35. The summed E-state index contributed by atoms with van der Waals surface area (Å²) in [6, 6.07) is 15.0. The molecule has 1 fully saturated rings. The van der Waals surface area contributed by atoms with Gasteiger partial charge in [-0.05, 0) is 48.9 Å². The molecule has 3 rings (SSSR count). The molecule has 31 heavy (non-hydrogen) atoms. The van der Waals surface area contributed by atoms with Gasteiger partial charge in [0.05, 0.1) is 11.5 Å². The van der Waals surface area contributed by atoms with Crippen molar-refractivity contribution in [3.63, 3.8) is 0 Å². The average molecular weight is 432 g/mol. The summed E-state index contributed by atoms with van der Waals surface area (Å²) < 4.78 is 37.9. The first-order valence-corrected chi connectivity index (χ1v) is 10.6. The zero-order valence-corrected chi connectivity index (χ0v) is 17.3. The first kappa shape index (κ1) is 22.8. The minimum absolute atomic E-state index is 0.0851. The molecule has 1 unspecified atom stereocenters. The van der Waals surface area contributed by atoms with Crippen molar-refractivity contribution in [1.29, 1.82) is 0 Å². The topological polar surface area (TPSA) is 49.4 Å². The molecule has 166 valence electrons. The van der Waals surface area contributed by atoms with Gasteiger partial charge in [0.25, 0.3) is 0 Å². The highest BCUT2D eigenvalue weighted by molar-refractivity contribution is 5.83. The number of carbonyl (C=O) groups excluding carboxylic acids is 2. The Hall–Kier alpha value is -2.83. The van der Waals surface area contributed by atoms with Crippen molar-refractivity contribution in [1.82, 2.24) is 10.2 Å². The molecule has 0 aromatic heterocycles. The van der Waals surface area contributed by atoms with Crippen molar-refractivity contribution in [2.45, 2.75) is 38.3 Å². The third-order valence-corrected chi connectivity index (χ3v) is 5.60. The molecule has 1 aliphatic heterocycles. The molecular formula is C24H27F3N2O2. The number of amides is 2. The Morgan fingerprint density at radius 3 is 2.35 bits per heavy atom. The predicted octanol–water partition coefficient (Wildman–Crippen LogP) is 4.24. The molecule has 1 aliphatic rings. The van der Waals surface area contributed by atoms with E-state index in [1.807, 2.05) is 18.2 Å². The summed E-state index contributed by atoms with van der Waals surface area (Å²) in [5.41, 5.74) is 1.28. The van der Waals surface area contributed by atoms with E-state index >= 15 is 0 Å². The third-order valence-electron chi connectivity index (χ3n) is 5.60. The third kappa shape index (κ3) is 6.84. The van der Waals surface area contributed by atoms with Crippen LogP contribution in [0.5, 0.6) is 0 Å². The average Bonchev–Trinajstić information content (AvgIpc) is 2.75. The highest BCUT2D eigenvalue weighted by Gasteiger charge is 2.30. The Kier molecular flexibility index (Phi) is 7.71. The number of alkyl halides is 3. The second-order valence-electron chi connectivity index (χ2n) is 7.90. The maximum absolute atomic E-state index is 12.6. The molecule has 0 bridgehead atoms. The van der Waals surface area contributed by atoms with Crippen LogP contribution in [0.25, 0.3) is 0 Å². The van der Waals surface area contributed by atoms with Gasteiger partial charge in [-0.3, -0.25) is 9.59 Å². The Bertz CT molecular complexity index is 867. The van der Waals surface area contributed by atoms with Crippen LogP contribution >= 0.6 is 0 Å². The number of aryl methyl sites for hydroxylation is 1. The number of benzene rings is 2. The summed E-state index contributed by atoms with van der Waals surface area (Å²) in [5, 5.41) is 2.86. The second-order valence-corrected chi connectivity index (χ2v) is 7.90. The van der Waals surface area contributed by atoms with Gasteiger partial charge in [0.2, 0.25) is 11.8 Å². The number of hydrogen-bond acceptors (Lipinski definition) is 2. The molecule has 2 aromatic carbocycles. The largest absolute Gasteiger partial charge is 0.416 e. The lowest BCUT2D eigenvalue weighted by atomic mass is 9.96. The van der Waals surface area contributed by atoms with E-state index < -0.39 is 11.7 Å². The number of piperidine rings is 1. The summed E-state index contributed by atoms with van der Waals surface area (Å²) >= 11 is 0. The van der Waals surface area contributed by atoms with Crippen molar-refractivity contribution < 1.29 is 22.8 Å². The Labute approximate surface area is 180 Å². The fourth-order valence-corrected chi connectivity index (χ4v) is 3.80. The van der Waals surface area contributed by atoms with Gasteiger partial charge in [0.1, 0.15) is 0 Å². The molecular weight excluding hydrogens is 405 g/mol. The molecule has 1 atom stereocenters. The van der Waals surface area contributed by atoms with Gasteiger partial charge < -0.3 is 10.2 Å². The zero-order chi connectivity index (χ0) is 22.3. The van der Waals surface area contributed by atoms with Crippen LogP contribution in [-0.2, 0) is 28.6 Å². The van der Waals surface area contributed by atoms with Crippen LogP contribution in [0.2, 0.25) is 0 Å². The number of hydrogen-bond donors (Lipinski definition) is 1. The summed E-state index contributed by atoms with van der Waals surface area (Å²) in [6.07, 6.45) is -1.27. The smallest absolute Gasteiger partial charge is 0.355 e. The van der Waals surface area contributed by atoms with E-state index in [-0.39, 0.29) is 17.7 Å². The van der Waals surface area contributed by atoms with Crippen LogP contribution in [0.1, 0.15) is 36.0 Å². The van der Waals surface area contributed by atoms with E-state index in [4.69, 9.17) is 0 Å². The minimum Gasteiger partial charge on any atom is -0.355 e. The van der Waals surface area contributed by atoms with Gasteiger partial charge in [0, 0.05) is 26.1 Å². The van der Waals surface area contributed by atoms with Crippen molar-refractivity contribution in [2.24, 2.45) is 5.92 Å². The summed E-state index contributed by atoms with van der Waals surface area (Å²) in [6.45, 7) is 1.39. The predicted molar refractivity (Wildman–Crippen MR) is 112 cm³/mol. The van der Waals surface area contributed by atoms with Crippen molar-refractivity contribution >= 4 is 11.8 Å². The fourth-order valence-electron chi connectivity index (χ4n) is 3.80. The first-order valence-electron chi connectivity index (χ1n) is 10.6. The van der Waals surface area contributed by atoms with E-state index in [9.17, 15) is 22.8 Å². The summed E-state index contributed by atoms with van der Waals surface area (Å²) in [7, 11) is 0. The molecule has 4 nitrogen and oxygen atoms in total. The van der Waals surface area contributed by atoms with Crippen LogP contribution in [0, 0.1) is 5.92 Å². The van der Waals surface area contributed by atoms with Gasteiger partial charge in [-0.15, -0.1) is 0 Å². The van der Waals surface area contributed by atoms with Gasteiger partial charge in [-0.1, -0.05) is 42.5 Å². The lowest BCUT2D eigenvalue weighted by Gasteiger charge is -2.32. The maximum Gasteiger partial charge on any atom is 0.416 e. The number of nitrogens with zero attached hydrogens (tertiary/aromatic N) is 1. The van der Waals surface area contributed by atoms with E-state index in [1.165, 1.54) is 17.7 Å². The SMILES string of the molecule is O=C(NCCc1ccc(C(F)(F)F)cc1)C1CCC(=O)N(CCCc2ccccc2)C1. The van der Waals surface area contributed by atoms with Gasteiger partial charge in [-0.25, -0.2) is 0 Å². The molecule has 2 aromatic rings. The molecule has 0 aliphatic carbocycles. The van der Waals surface area contributed by atoms with E-state index in [0.29, 0.717) is 38.9 Å². The number of nitrogens with one attached hydrogen (secondary N) is 1. The van der Waals surface area contributed by atoms with Crippen molar-refractivity contribution in [3.8, 4) is 0 Å². The first-order chi connectivity index (χ1) is 14.8. The highest BCUT2D eigenvalue weighted by Crippen LogP contribution is 2.29. The molecule has 0 saturated carbocycles.